The summed E-state index contributed by atoms with van der Waals surface area (Å²) in [6, 6.07) is 6.18. The van der Waals surface area contributed by atoms with Crippen molar-refractivity contribution in [1.82, 2.24) is 0 Å². The molecule has 1 atom stereocenters. The Morgan fingerprint density at radius 3 is 2.00 bits per heavy atom. The predicted molar refractivity (Wildman–Crippen MR) is 81.3 cm³/mol. The Morgan fingerprint density at radius 2 is 1.47 bits per heavy atom. The maximum Gasteiger partial charge on any atom is 0.122 e. The second-order valence-electron chi connectivity index (χ2n) is 5.25. The molecule has 0 radical (unpaired) electrons. The first-order valence-corrected chi connectivity index (χ1v) is 7.44. The molecule has 0 N–H and O–H groups in total. The summed E-state index contributed by atoms with van der Waals surface area (Å²) in [7, 11) is 3.40. The molecule has 108 valence electrons. The van der Waals surface area contributed by atoms with E-state index in [1.807, 2.05) is 6.07 Å². The van der Waals surface area contributed by atoms with Crippen LogP contribution in [0, 0.1) is 0 Å². The summed E-state index contributed by atoms with van der Waals surface area (Å²) >= 11 is 0. The summed E-state index contributed by atoms with van der Waals surface area (Å²) in [4.78, 5) is 0. The molecule has 1 rings (SSSR count). The van der Waals surface area contributed by atoms with Crippen LogP contribution in [0.5, 0.6) is 11.5 Å². The molecule has 19 heavy (non-hydrogen) atoms. The molecule has 0 aliphatic rings. The average Bonchev–Trinajstić information content (AvgIpc) is 2.46. The molecule has 0 fully saturated rings. The highest BCUT2D eigenvalue weighted by molar-refractivity contribution is 5.39. The van der Waals surface area contributed by atoms with Gasteiger partial charge in [0.05, 0.1) is 14.2 Å². The van der Waals surface area contributed by atoms with Crippen molar-refractivity contribution in [2.24, 2.45) is 0 Å². The van der Waals surface area contributed by atoms with E-state index in [0.29, 0.717) is 5.92 Å². The maximum atomic E-state index is 5.33. The number of rotatable bonds is 9. The number of unbranched alkanes of at least 4 members (excludes halogenated alkanes) is 4. The molecule has 0 aliphatic heterocycles. The van der Waals surface area contributed by atoms with Crippen molar-refractivity contribution < 1.29 is 9.47 Å². The van der Waals surface area contributed by atoms with Gasteiger partial charge in [-0.25, -0.2) is 0 Å². The Hall–Kier alpha value is -1.18. The summed E-state index contributed by atoms with van der Waals surface area (Å²) in [6.45, 7) is 4.54. The first kappa shape index (κ1) is 15.9. The van der Waals surface area contributed by atoms with Gasteiger partial charge in [-0.2, -0.15) is 0 Å². The van der Waals surface area contributed by atoms with Crippen LogP contribution >= 0.6 is 0 Å². The lowest BCUT2D eigenvalue weighted by Gasteiger charge is -2.14. The third kappa shape index (κ3) is 5.54. The average molecular weight is 264 g/mol. The molecule has 1 unspecified atom stereocenters. The first-order valence-electron chi connectivity index (χ1n) is 7.44. The summed E-state index contributed by atoms with van der Waals surface area (Å²) in [5.74, 6) is 2.32. The zero-order valence-corrected chi connectivity index (χ0v) is 12.9. The largest absolute Gasteiger partial charge is 0.497 e. The SMILES string of the molecule is CCCCCCCC(C)c1cc(OC)cc(OC)c1. The summed E-state index contributed by atoms with van der Waals surface area (Å²) in [5.41, 5.74) is 1.31. The third-order valence-corrected chi connectivity index (χ3v) is 3.68. The Labute approximate surface area is 118 Å². The fourth-order valence-electron chi connectivity index (χ4n) is 2.33. The lowest BCUT2D eigenvalue weighted by molar-refractivity contribution is 0.392. The monoisotopic (exact) mass is 264 g/mol. The summed E-state index contributed by atoms with van der Waals surface area (Å²) < 4.78 is 10.7. The molecular formula is C17H28O2. The van der Waals surface area contributed by atoms with E-state index in [-0.39, 0.29) is 0 Å². The van der Waals surface area contributed by atoms with Crippen molar-refractivity contribution in [2.75, 3.05) is 14.2 Å². The van der Waals surface area contributed by atoms with E-state index in [0.717, 1.165) is 11.5 Å². The van der Waals surface area contributed by atoms with Gasteiger partial charge >= 0.3 is 0 Å². The second-order valence-corrected chi connectivity index (χ2v) is 5.25. The van der Waals surface area contributed by atoms with Crippen LogP contribution in [0.15, 0.2) is 18.2 Å². The van der Waals surface area contributed by atoms with Gasteiger partial charge in [0.2, 0.25) is 0 Å². The molecule has 2 heteroatoms. The van der Waals surface area contributed by atoms with Crippen LogP contribution in [0.3, 0.4) is 0 Å². The maximum absolute atomic E-state index is 5.33. The molecule has 0 spiro atoms. The molecule has 0 saturated heterocycles. The Morgan fingerprint density at radius 1 is 0.895 bits per heavy atom. The molecular weight excluding hydrogens is 236 g/mol. The molecule has 0 heterocycles. The fraction of sp³-hybridized carbons (Fsp3) is 0.647. The van der Waals surface area contributed by atoms with E-state index in [1.165, 1.54) is 44.1 Å². The van der Waals surface area contributed by atoms with Crippen LogP contribution < -0.4 is 9.47 Å². The van der Waals surface area contributed by atoms with Gasteiger partial charge in [0.15, 0.2) is 0 Å². The second kappa shape index (κ2) is 8.84. The lowest BCUT2D eigenvalue weighted by Crippen LogP contribution is -1.97. The molecule has 2 nitrogen and oxygen atoms in total. The molecule has 0 aromatic heterocycles. The number of hydrogen-bond acceptors (Lipinski definition) is 2. The third-order valence-electron chi connectivity index (χ3n) is 3.68. The molecule has 0 amide bonds. The topological polar surface area (TPSA) is 18.5 Å². The van der Waals surface area contributed by atoms with Gasteiger partial charge in [0.1, 0.15) is 11.5 Å². The Balaban J connectivity index is 2.53. The number of hydrogen-bond donors (Lipinski definition) is 0. The highest BCUT2D eigenvalue weighted by atomic mass is 16.5. The van der Waals surface area contributed by atoms with Gasteiger partial charge in [0, 0.05) is 6.07 Å². The van der Waals surface area contributed by atoms with Crippen LogP contribution in [0.25, 0.3) is 0 Å². The van der Waals surface area contributed by atoms with Crippen LogP contribution in [-0.2, 0) is 0 Å². The minimum Gasteiger partial charge on any atom is -0.497 e. The summed E-state index contributed by atoms with van der Waals surface area (Å²) in [5, 5.41) is 0. The summed E-state index contributed by atoms with van der Waals surface area (Å²) in [6.07, 6.45) is 7.93. The smallest absolute Gasteiger partial charge is 0.122 e. The van der Waals surface area contributed by atoms with Crippen molar-refractivity contribution >= 4 is 0 Å². The first-order chi connectivity index (χ1) is 9.21. The number of ether oxygens (including phenoxy) is 2. The minimum absolute atomic E-state index is 0.561. The van der Waals surface area contributed by atoms with Crippen molar-refractivity contribution in [1.29, 1.82) is 0 Å². The van der Waals surface area contributed by atoms with E-state index in [1.54, 1.807) is 14.2 Å². The van der Waals surface area contributed by atoms with Crippen LogP contribution in [0.2, 0.25) is 0 Å². The van der Waals surface area contributed by atoms with Gasteiger partial charge in [-0.1, -0.05) is 46.0 Å². The Kier molecular flexibility index (Phi) is 7.39. The van der Waals surface area contributed by atoms with E-state index >= 15 is 0 Å². The normalized spacial score (nSPS) is 12.2. The zero-order valence-electron chi connectivity index (χ0n) is 12.9. The van der Waals surface area contributed by atoms with E-state index in [9.17, 15) is 0 Å². The molecule has 0 bridgehead atoms. The molecule has 1 aromatic rings. The molecule has 1 aromatic carbocycles. The van der Waals surface area contributed by atoms with E-state index < -0.39 is 0 Å². The number of benzene rings is 1. The predicted octanol–water partition coefficient (Wildman–Crippen LogP) is 5.17. The molecule has 0 saturated carbocycles. The van der Waals surface area contributed by atoms with E-state index in [2.05, 4.69) is 26.0 Å². The Bertz CT molecular complexity index is 338. The van der Waals surface area contributed by atoms with Crippen molar-refractivity contribution in [3.63, 3.8) is 0 Å². The zero-order chi connectivity index (χ0) is 14.1. The van der Waals surface area contributed by atoms with Gasteiger partial charge in [-0.3, -0.25) is 0 Å². The standard InChI is InChI=1S/C17H28O2/c1-5-6-7-8-9-10-14(2)15-11-16(18-3)13-17(12-15)19-4/h11-14H,5-10H2,1-4H3. The number of methoxy groups -OCH3 is 2. The van der Waals surface area contributed by atoms with E-state index in [4.69, 9.17) is 9.47 Å². The lowest BCUT2D eigenvalue weighted by atomic mass is 9.94. The van der Waals surface area contributed by atoms with Gasteiger partial charge in [0.25, 0.3) is 0 Å². The van der Waals surface area contributed by atoms with Crippen LogP contribution in [-0.4, -0.2) is 14.2 Å². The minimum atomic E-state index is 0.561. The fourth-order valence-corrected chi connectivity index (χ4v) is 2.33. The van der Waals surface area contributed by atoms with Gasteiger partial charge in [-0.05, 0) is 30.0 Å². The van der Waals surface area contributed by atoms with Gasteiger partial charge in [-0.15, -0.1) is 0 Å². The quantitative estimate of drug-likeness (QED) is 0.573. The van der Waals surface area contributed by atoms with Crippen LogP contribution in [0.4, 0.5) is 0 Å². The molecule has 0 aliphatic carbocycles. The van der Waals surface area contributed by atoms with Crippen molar-refractivity contribution in [3.8, 4) is 11.5 Å². The van der Waals surface area contributed by atoms with Gasteiger partial charge < -0.3 is 9.47 Å². The highest BCUT2D eigenvalue weighted by Crippen LogP contribution is 2.30. The van der Waals surface area contributed by atoms with Crippen LogP contribution in [0.1, 0.15) is 63.9 Å². The highest BCUT2D eigenvalue weighted by Gasteiger charge is 2.09. The van der Waals surface area contributed by atoms with Crippen molar-refractivity contribution in [2.45, 2.75) is 58.3 Å². The van der Waals surface area contributed by atoms with Crippen molar-refractivity contribution in [3.05, 3.63) is 23.8 Å².